The highest BCUT2D eigenvalue weighted by Crippen LogP contribution is 2.29. The monoisotopic (exact) mass is 285 g/mol. The molecule has 3 aromatic rings. The van der Waals surface area contributed by atoms with Gasteiger partial charge in [-0.05, 0) is 12.1 Å². The van der Waals surface area contributed by atoms with Gasteiger partial charge in [0.2, 0.25) is 11.7 Å². The predicted molar refractivity (Wildman–Crippen MR) is 76.1 cm³/mol. The van der Waals surface area contributed by atoms with E-state index in [1.807, 2.05) is 5.38 Å². The lowest BCUT2D eigenvalue weighted by Crippen LogP contribution is -2.05. The first-order valence-electron chi connectivity index (χ1n) is 5.91. The van der Waals surface area contributed by atoms with E-state index in [0.29, 0.717) is 17.1 Å². The van der Waals surface area contributed by atoms with Gasteiger partial charge in [0, 0.05) is 35.6 Å². The third kappa shape index (κ3) is 2.21. The molecule has 5 nitrogen and oxygen atoms in total. The molecule has 0 unspecified atom stereocenters. The van der Waals surface area contributed by atoms with Crippen molar-refractivity contribution in [2.24, 2.45) is 0 Å². The van der Waals surface area contributed by atoms with E-state index in [0.717, 1.165) is 10.6 Å². The van der Waals surface area contributed by atoms with Crippen molar-refractivity contribution in [3.8, 4) is 16.5 Å². The van der Waals surface area contributed by atoms with E-state index in [2.05, 4.69) is 15.0 Å². The number of hydrogen-bond acceptors (Lipinski definition) is 5. The van der Waals surface area contributed by atoms with Crippen LogP contribution < -0.4 is 4.74 Å². The van der Waals surface area contributed by atoms with Crippen molar-refractivity contribution >= 4 is 17.1 Å². The summed E-state index contributed by atoms with van der Waals surface area (Å²) in [6.07, 6.45) is 4.95. The second kappa shape index (κ2) is 5.26. The Bertz CT molecular complexity index is 721. The van der Waals surface area contributed by atoms with Crippen LogP contribution in [0.3, 0.4) is 0 Å². The molecule has 100 valence electrons. The van der Waals surface area contributed by atoms with Gasteiger partial charge < -0.3 is 9.72 Å². The average molecular weight is 285 g/mol. The van der Waals surface area contributed by atoms with Gasteiger partial charge in [-0.25, -0.2) is 9.97 Å². The minimum atomic E-state index is -0.115. The molecular weight excluding hydrogens is 274 g/mol. The minimum absolute atomic E-state index is 0.115. The summed E-state index contributed by atoms with van der Waals surface area (Å²) in [5.41, 5.74) is 1.75. The Labute approximate surface area is 119 Å². The Morgan fingerprint density at radius 3 is 2.95 bits per heavy atom. The van der Waals surface area contributed by atoms with Crippen LogP contribution in [0.15, 0.2) is 42.2 Å². The molecule has 0 aliphatic carbocycles. The number of methoxy groups -OCH3 is 1. The molecule has 0 radical (unpaired) electrons. The largest absolute Gasteiger partial charge is 0.481 e. The molecule has 0 aliphatic heterocycles. The first-order chi connectivity index (χ1) is 9.79. The van der Waals surface area contributed by atoms with Crippen LogP contribution in [0, 0.1) is 0 Å². The lowest BCUT2D eigenvalue weighted by atomic mass is 10.0. The number of nitrogens with zero attached hydrogens (tertiary/aromatic N) is 2. The van der Waals surface area contributed by atoms with Crippen LogP contribution in [0.25, 0.3) is 10.6 Å². The van der Waals surface area contributed by atoms with Crippen molar-refractivity contribution in [3.63, 3.8) is 0 Å². The molecule has 3 rings (SSSR count). The van der Waals surface area contributed by atoms with Gasteiger partial charge in [-0.2, -0.15) is 0 Å². The number of hydrogen-bond donors (Lipinski definition) is 1. The van der Waals surface area contributed by atoms with E-state index in [9.17, 15) is 4.79 Å². The molecule has 0 atom stereocenters. The standard InChI is InChI=1S/C14H11N3O2S/c1-19-12-7-9(14-16-5-6-20-14)10(8-17-12)13(18)11-3-2-4-15-11/h2-8,15H,1H3. The van der Waals surface area contributed by atoms with Crippen molar-refractivity contribution in [1.82, 2.24) is 15.0 Å². The summed E-state index contributed by atoms with van der Waals surface area (Å²) in [4.78, 5) is 23.8. The molecule has 0 amide bonds. The molecule has 0 bridgehead atoms. The summed E-state index contributed by atoms with van der Waals surface area (Å²) in [6, 6.07) is 5.25. The van der Waals surface area contributed by atoms with Crippen LogP contribution in [-0.4, -0.2) is 27.8 Å². The third-order valence-corrected chi connectivity index (χ3v) is 3.64. The quantitative estimate of drug-likeness (QED) is 0.748. The lowest BCUT2D eigenvalue weighted by Gasteiger charge is -2.07. The summed E-state index contributed by atoms with van der Waals surface area (Å²) >= 11 is 1.47. The normalized spacial score (nSPS) is 10.4. The zero-order valence-corrected chi connectivity index (χ0v) is 11.5. The van der Waals surface area contributed by atoms with Gasteiger partial charge in [-0.1, -0.05) is 0 Å². The zero-order chi connectivity index (χ0) is 13.9. The summed E-state index contributed by atoms with van der Waals surface area (Å²) in [5, 5.41) is 2.63. The molecule has 0 fully saturated rings. The molecule has 1 N–H and O–H groups in total. The molecule has 3 heterocycles. The van der Waals surface area contributed by atoms with E-state index in [4.69, 9.17) is 4.74 Å². The number of rotatable bonds is 4. The van der Waals surface area contributed by atoms with E-state index in [1.54, 1.807) is 37.7 Å². The van der Waals surface area contributed by atoms with Crippen molar-refractivity contribution in [1.29, 1.82) is 0 Å². The van der Waals surface area contributed by atoms with E-state index >= 15 is 0 Å². The Morgan fingerprint density at radius 2 is 2.30 bits per heavy atom. The van der Waals surface area contributed by atoms with E-state index in [1.165, 1.54) is 17.5 Å². The maximum atomic E-state index is 12.5. The minimum Gasteiger partial charge on any atom is -0.481 e. The average Bonchev–Trinajstić information content (AvgIpc) is 3.18. The number of carbonyl (C=O) groups is 1. The Balaban J connectivity index is 2.13. The summed E-state index contributed by atoms with van der Waals surface area (Å²) in [6.45, 7) is 0. The molecule has 0 saturated heterocycles. The van der Waals surface area contributed by atoms with Gasteiger partial charge in [-0.15, -0.1) is 11.3 Å². The fraction of sp³-hybridized carbons (Fsp3) is 0.0714. The van der Waals surface area contributed by atoms with Crippen molar-refractivity contribution < 1.29 is 9.53 Å². The van der Waals surface area contributed by atoms with Gasteiger partial charge in [-0.3, -0.25) is 4.79 Å². The topological polar surface area (TPSA) is 67.9 Å². The van der Waals surface area contributed by atoms with E-state index < -0.39 is 0 Å². The number of aromatic amines is 1. The molecule has 0 aliphatic rings. The summed E-state index contributed by atoms with van der Waals surface area (Å²) in [7, 11) is 1.54. The van der Waals surface area contributed by atoms with Crippen molar-refractivity contribution in [3.05, 3.63) is 53.4 Å². The number of carbonyl (C=O) groups excluding carboxylic acids is 1. The van der Waals surface area contributed by atoms with Crippen molar-refractivity contribution in [2.75, 3.05) is 7.11 Å². The maximum absolute atomic E-state index is 12.5. The fourth-order valence-corrected chi connectivity index (χ4v) is 2.55. The predicted octanol–water partition coefficient (Wildman–Crippen LogP) is 2.77. The first kappa shape index (κ1) is 12.6. The highest BCUT2D eigenvalue weighted by molar-refractivity contribution is 7.13. The number of ketones is 1. The first-order valence-corrected chi connectivity index (χ1v) is 6.79. The molecule has 0 spiro atoms. The smallest absolute Gasteiger partial charge is 0.213 e. The molecule has 3 aromatic heterocycles. The Hall–Kier alpha value is -2.47. The second-order valence-corrected chi connectivity index (χ2v) is 4.92. The summed E-state index contributed by atoms with van der Waals surface area (Å²) < 4.78 is 5.12. The van der Waals surface area contributed by atoms with Gasteiger partial charge >= 0.3 is 0 Å². The molecule has 0 aromatic carbocycles. The number of pyridine rings is 1. The van der Waals surface area contributed by atoms with Crippen molar-refractivity contribution in [2.45, 2.75) is 0 Å². The highest BCUT2D eigenvalue weighted by Gasteiger charge is 2.18. The number of aromatic nitrogens is 3. The molecule has 0 saturated carbocycles. The maximum Gasteiger partial charge on any atom is 0.213 e. The van der Waals surface area contributed by atoms with Gasteiger partial charge in [0.1, 0.15) is 5.01 Å². The molecule has 6 heteroatoms. The van der Waals surface area contributed by atoms with Crippen LogP contribution in [0.4, 0.5) is 0 Å². The number of thiazole rings is 1. The van der Waals surface area contributed by atoms with Crippen LogP contribution in [0.1, 0.15) is 16.1 Å². The van der Waals surface area contributed by atoms with Crippen LogP contribution in [0.2, 0.25) is 0 Å². The SMILES string of the molecule is COc1cc(-c2nccs2)c(C(=O)c2ccc[nH]2)cn1. The Morgan fingerprint density at radius 1 is 1.40 bits per heavy atom. The van der Waals surface area contributed by atoms with Gasteiger partial charge in [0.25, 0.3) is 0 Å². The summed E-state index contributed by atoms with van der Waals surface area (Å²) in [5.74, 6) is 0.341. The van der Waals surface area contributed by atoms with Crippen LogP contribution >= 0.6 is 11.3 Å². The lowest BCUT2D eigenvalue weighted by molar-refractivity contribution is 0.103. The van der Waals surface area contributed by atoms with Crippen LogP contribution in [0.5, 0.6) is 5.88 Å². The van der Waals surface area contributed by atoms with Crippen LogP contribution in [-0.2, 0) is 0 Å². The Kier molecular flexibility index (Phi) is 3.30. The molecular formula is C14H11N3O2S. The highest BCUT2D eigenvalue weighted by atomic mass is 32.1. The van der Waals surface area contributed by atoms with E-state index in [-0.39, 0.29) is 5.78 Å². The fourth-order valence-electron chi connectivity index (χ4n) is 1.88. The molecule has 20 heavy (non-hydrogen) atoms. The second-order valence-electron chi connectivity index (χ2n) is 4.02. The van der Waals surface area contributed by atoms with Gasteiger partial charge in [0.15, 0.2) is 0 Å². The zero-order valence-electron chi connectivity index (χ0n) is 10.7. The number of nitrogens with one attached hydrogen (secondary N) is 1. The third-order valence-electron chi connectivity index (χ3n) is 2.84. The number of H-pyrrole nitrogens is 1. The van der Waals surface area contributed by atoms with Gasteiger partial charge in [0.05, 0.1) is 18.4 Å². The number of ether oxygens (including phenoxy) is 1.